The molecule has 1 aromatic carbocycles. The summed E-state index contributed by atoms with van der Waals surface area (Å²) in [6.07, 6.45) is 0.530. The van der Waals surface area contributed by atoms with Crippen molar-refractivity contribution in [2.24, 2.45) is 0 Å². The van der Waals surface area contributed by atoms with Crippen LogP contribution in [0, 0.1) is 0 Å². The maximum Gasteiger partial charge on any atom is 0.222 e. The van der Waals surface area contributed by atoms with Gasteiger partial charge in [-0.1, -0.05) is 29.8 Å². The summed E-state index contributed by atoms with van der Waals surface area (Å²) < 4.78 is 0. The van der Waals surface area contributed by atoms with Crippen LogP contribution in [0.15, 0.2) is 24.3 Å². The Morgan fingerprint density at radius 3 is 3.05 bits per heavy atom. The number of carbonyl (C=O) groups is 1. The van der Waals surface area contributed by atoms with Crippen LogP contribution >= 0.6 is 23.4 Å². The molecular weight excluding hydrogens is 280 g/mol. The van der Waals surface area contributed by atoms with Gasteiger partial charge in [0.1, 0.15) is 0 Å². The molecule has 2 rings (SSSR count). The van der Waals surface area contributed by atoms with Crippen molar-refractivity contribution in [3.8, 4) is 0 Å². The van der Waals surface area contributed by atoms with Gasteiger partial charge in [-0.3, -0.25) is 4.79 Å². The predicted octanol–water partition coefficient (Wildman–Crippen LogP) is 2.61. The maximum absolute atomic E-state index is 12.0. The smallest absolute Gasteiger partial charge is 0.222 e. The van der Waals surface area contributed by atoms with Gasteiger partial charge in [-0.25, -0.2) is 0 Å². The van der Waals surface area contributed by atoms with Gasteiger partial charge in [0.15, 0.2) is 0 Å². The lowest BCUT2D eigenvalue weighted by Gasteiger charge is -2.23. The summed E-state index contributed by atoms with van der Waals surface area (Å²) in [5.74, 6) is 2.22. The number of hydrogen-bond acceptors (Lipinski definition) is 3. The summed E-state index contributed by atoms with van der Waals surface area (Å²) in [5, 5.41) is 7.07. The number of hydrogen-bond donors (Lipinski definition) is 2. The molecule has 0 aromatic heterocycles. The van der Waals surface area contributed by atoms with Crippen LogP contribution in [-0.2, 0) is 4.79 Å². The Labute approximate surface area is 123 Å². The van der Waals surface area contributed by atoms with E-state index in [1.165, 1.54) is 0 Å². The topological polar surface area (TPSA) is 41.1 Å². The van der Waals surface area contributed by atoms with Crippen LogP contribution in [0.4, 0.5) is 0 Å². The third-order valence-corrected chi connectivity index (χ3v) is 4.65. The summed E-state index contributed by atoms with van der Waals surface area (Å²) >= 11 is 8.03. The van der Waals surface area contributed by atoms with Gasteiger partial charge in [0.25, 0.3) is 0 Å². The summed E-state index contributed by atoms with van der Waals surface area (Å²) in [7, 11) is 0. The minimum Gasteiger partial charge on any atom is -0.349 e. The summed E-state index contributed by atoms with van der Waals surface area (Å²) in [6, 6.07) is 7.85. The maximum atomic E-state index is 12.0. The van der Waals surface area contributed by atoms with Gasteiger partial charge in [0.2, 0.25) is 5.91 Å². The summed E-state index contributed by atoms with van der Waals surface area (Å²) in [4.78, 5) is 12.0. The molecule has 1 aliphatic heterocycles. The van der Waals surface area contributed by atoms with Crippen LogP contribution < -0.4 is 10.6 Å². The largest absolute Gasteiger partial charge is 0.349 e. The van der Waals surface area contributed by atoms with Crippen molar-refractivity contribution in [3.63, 3.8) is 0 Å². The second kappa shape index (κ2) is 7.17. The lowest BCUT2D eigenvalue weighted by Crippen LogP contribution is -2.41. The molecule has 0 aliphatic carbocycles. The number of thioether (sulfide) groups is 1. The second-order valence-corrected chi connectivity index (χ2v) is 6.30. The van der Waals surface area contributed by atoms with E-state index < -0.39 is 0 Å². The molecule has 3 nitrogen and oxygen atoms in total. The highest BCUT2D eigenvalue weighted by Crippen LogP contribution is 2.22. The zero-order valence-corrected chi connectivity index (χ0v) is 12.6. The predicted molar refractivity (Wildman–Crippen MR) is 81.7 cm³/mol. The molecule has 1 amide bonds. The van der Waals surface area contributed by atoms with Gasteiger partial charge in [0.05, 0.1) is 6.04 Å². The molecule has 2 N–H and O–H groups in total. The molecule has 19 heavy (non-hydrogen) atoms. The molecular formula is C14H19ClN2OS. The number of carbonyl (C=O) groups excluding carboxylic acids is 1. The molecule has 1 unspecified atom stereocenters. The van der Waals surface area contributed by atoms with Gasteiger partial charge in [-0.15, -0.1) is 0 Å². The quantitative estimate of drug-likeness (QED) is 0.898. The Balaban J connectivity index is 1.86. The van der Waals surface area contributed by atoms with E-state index in [1.807, 2.05) is 43.0 Å². The number of benzene rings is 1. The number of rotatable bonds is 4. The fourth-order valence-corrected chi connectivity index (χ4v) is 3.43. The van der Waals surface area contributed by atoms with Crippen molar-refractivity contribution < 1.29 is 4.79 Å². The van der Waals surface area contributed by atoms with Gasteiger partial charge >= 0.3 is 0 Å². The molecule has 5 heteroatoms. The fraction of sp³-hybridized carbons (Fsp3) is 0.500. The van der Waals surface area contributed by atoms with Crippen molar-refractivity contribution in [2.45, 2.75) is 25.4 Å². The molecule has 0 spiro atoms. The molecule has 1 saturated heterocycles. The first-order chi connectivity index (χ1) is 9.16. The third-order valence-electron chi connectivity index (χ3n) is 3.18. The Hall–Kier alpha value is -0.710. The van der Waals surface area contributed by atoms with Crippen molar-refractivity contribution >= 4 is 29.3 Å². The molecule has 0 radical (unpaired) electrons. The van der Waals surface area contributed by atoms with Gasteiger partial charge in [0, 0.05) is 35.5 Å². The average molecular weight is 299 g/mol. The molecule has 104 valence electrons. The van der Waals surface area contributed by atoms with Gasteiger partial charge in [-0.2, -0.15) is 11.8 Å². The van der Waals surface area contributed by atoms with Crippen molar-refractivity contribution in [1.29, 1.82) is 0 Å². The molecule has 1 aromatic rings. The normalized spacial score (nSPS) is 20.8. The Kier molecular flexibility index (Phi) is 5.55. The average Bonchev–Trinajstić information content (AvgIpc) is 2.40. The summed E-state index contributed by atoms with van der Waals surface area (Å²) in [6.45, 7) is 2.95. The highest BCUT2D eigenvalue weighted by Gasteiger charge is 2.18. The van der Waals surface area contributed by atoms with Crippen LogP contribution in [0.3, 0.4) is 0 Å². The minimum atomic E-state index is -0.0579. The lowest BCUT2D eigenvalue weighted by atomic mass is 10.1. The number of halogens is 1. The Morgan fingerprint density at radius 2 is 2.37 bits per heavy atom. The second-order valence-electron chi connectivity index (χ2n) is 4.74. The summed E-state index contributed by atoms with van der Waals surface area (Å²) in [5.41, 5.74) is 0.962. The van der Waals surface area contributed by atoms with Crippen molar-refractivity contribution in [3.05, 3.63) is 34.9 Å². The Bertz CT molecular complexity index is 435. The van der Waals surface area contributed by atoms with Crippen LogP contribution in [0.2, 0.25) is 5.02 Å². The van der Waals surface area contributed by atoms with Gasteiger partial charge < -0.3 is 10.6 Å². The van der Waals surface area contributed by atoms with E-state index in [0.29, 0.717) is 11.4 Å². The Morgan fingerprint density at radius 1 is 1.58 bits per heavy atom. The van der Waals surface area contributed by atoms with Crippen LogP contribution in [-0.4, -0.2) is 30.0 Å². The first-order valence-corrected chi connectivity index (χ1v) is 8.05. The van der Waals surface area contributed by atoms with Crippen molar-refractivity contribution in [1.82, 2.24) is 10.6 Å². The molecule has 1 aliphatic rings. The van der Waals surface area contributed by atoms with E-state index in [0.717, 1.165) is 23.6 Å². The van der Waals surface area contributed by atoms with E-state index >= 15 is 0 Å². The fourth-order valence-electron chi connectivity index (χ4n) is 2.18. The van der Waals surface area contributed by atoms with Gasteiger partial charge in [-0.05, 0) is 18.6 Å². The molecule has 1 heterocycles. The highest BCUT2D eigenvalue weighted by atomic mass is 35.5. The minimum absolute atomic E-state index is 0.0579. The first kappa shape index (κ1) is 14.7. The highest BCUT2D eigenvalue weighted by molar-refractivity contribution is 7.99. The molecule has 2 atom stereocenters. The van der Waals surface area contributed by atoms with E-state index in [9.17, 15) is 4.79 Å². The van der Waals surface area contributed by atoms with Crippen LogP contribution in [0.5, 0.6) is 0 Å². The van der Waals surface area contributed by atoms with Crippen molar-refractivity contribution in [2.75, 3.05) is 18.1 Å². The zero-order chi connectivity index (χ0) is 13.7. The number of amides is 1. The SMILES string of the molecule is C[C@@H](NC(=O)CC1CSCCN1)c1ccccc1Cl. The first-order valence-electron chi connectivity index (χ1n) is 6.51. The standard InChI is InChI=1S/C14H19ClN2OS/c1-10(12-4-2-3-5-13(12)15)17-14(18)8-11-9-19-7-6-16-11/h2-5,10-11,16H,6-9H2,1H3,(H,17,18)/t10-,11?/m1/s1. The monoisotopic (exact) mass is 298 g/mol. The lowest BCUT2D eigenvalue weighted by molar-refractivity contribution is -0.122. The van der Waals surface area contributed by atoms with Crippen LogP contribution in [0.1, 0.15) is 24.9 Å². The number of nitrogens with one attached hydrogen (secondary N) is 2. The molecule has 0 saturated carbocycles. The zero-order valence-electron chi connectivity index (χ0n) is 11.0. The van der Waals surface area contributed by atoms with E-state index in [1.54, 1.807) is 0 Å². The molecule has 0 bridgehead atoms. The third kappa shape index (κ3) is 4.41. The van der Waals surface area contributed by atoms with Crippen LogP contribution in [0.25, 0.3) is 0 Å². The van der Waals surface area contributed by atoms with E-state index in [2.05, 4.69) is 10.6 Å². The molecule has 1 fully saturated rings. The van der Waals surface area contributed by atoms with E-state index in [-0.39, 0.29) is 18.0 Å². The van der Waals surface area contributed by atoms with E-state index in [4.69, 9.17) is 11.6 Å².